The van der Waals surface area contributed by atoms with Gasteiger partial charge in [0.05, 0.1) is 29.8 Å². The minimum atomic E-state index is -0.328. The lowest BCUT2D eigenvalue weighted by Gasteiger charge is -2.19. The van der Waals surface area contributed by atoms with E-state index in [1.165, 1.54) is 0 Å². The summed E-state index contributed by atoms with van der Waals surface area (Å²) in [5.41, 5.74) is 1.16. The zero-order chi connectivity index (χ0) is 18.4. The van der Waals surface area contributed by atoms with E-state index in [1.807, 2.05) is 20.8 Å². The van der Waals surface area contributed by atoms with Gasteiger partial charge in [0.2, 0.25) is 0 Å². The highest BCUT2D eigenvalue weighted by atomic mass is 35.5. The van der Waals surface area contributed by atoms with Crippen LogP contribution in [0.5, 0.6) is 11.5 Å². The van der Waals surface area contributed by atoms with E-state index in [1.54, 1.807) is 36.4 Å². The summed E-state index contributed by atoms with van der Waals surface area (Å²) in [6.07, 6.45) is 0. The third kappa shape index (κ3) is 4.80. The van der Waals surface area contributed by atoms with Crippen molar-refractivity contribution in [1.82, 2.24) is 5.32 Å². The molecular weight excluding hydrogens is 361 g/mol. The quantitative estimate of drug-likeness (QED) is 0.709. The van der Waals surface area contributed by atoms with E-state index < -0.39 is 0 Å². The molecule has 2 aromatic carbocycles. The zero-order valence-corrected chi connectivity index (χ0v) is 15.9. The molecule has 6 heteroatoms. The van der Waals surface area contributed by atoms with E-state index in [4.69, 9.17) is 32.7 Å². The number of benzene rings is 2. The Hall–Kier alpha value is -1.91. The van der Waals surface area contributed by atoms with Crippen LogP contribution in [0.25, 0.3) is 0 Å². The van der Waals surface area contributed by atoms with Crippen LogP contribution in [0.15, 0.2) is 36.4 Å². The first-order valence-electron chi connectivity index (χ1n) is 8.12. The van der Waals surface area contributed by atoms with Crippen LogP contribution in [0.4, 0.5) is 0 Å². The van der Waals surface area contributed by atoms with Crippen LogP contribution in [0.2, 0.25) is 10.0 Å². The molecule has 1 amide bonds. The van der Waals surface area contributed by atoms with E-state index in [-0.39, 0.29) is 11.9 Å². The van der Waals surface area contributed by atoms with Gasteiger partial charge in [0.15, 0.2) is 11.5 Å². The van der Waals surface area contributed by atoms with E-state index in [0.29, 0.717) is 40.3 Å². The number of amides is 1. The van der Waals surface area contributed by atoms with Crippen LogP contribution in [0.3, 0.4) is 0 Å². The summed E-state index contributed by atoms with van der Waals surface area (Å²) in [7, 11) is 0. The second-order valence-corrected chi connectivity index (χ2v) is 6.18. The Kier molecular flexibility index (Phi) is 6.97. The Labute approximate surface area is 158 Å². The fourth-order valence-corrected chi connectivity index (χ4v) is 2.96. The van der Waals surface area contributed by atoms with Crippen molar-refractivity contribution in [2.45, 2.75) is 26.8 Å². The molecule has 0 heterocycles. The van der Waals surface area contributed by atoms with Crippen LogP contribution in [-0.2, 0) is 0 Å². The van der Waals surface area contributed by atoms with E-state index in [2.05, 4.69) is 5.32 Å². The summed E-state index contributed by atoms with van der Waals surface area (Å²) in [4.78, 5) is 12.4. The van der Waals surface area contributed by atoms with Gasteiger partial charge >= 0.3 is 0 Å². The maximum absolute atomic E-state index is 12.4. The first kappa shape index (κ1) is 19.4. The summed E-state index contributed by atoms with van der Waals surface area (Å²) in [5.74, 6) is 0.923. The minimum Gasteiger partial charge on any atom is -0.490 e. The van der Waals surface area contributed by atoms with Crippen molar-refractivity contribution >= 4 is 29.1 Å². The molecule has 0 unspecified atom stereocenters. The predicted molar refractivity (Wildman–Crippen MR) is 101 cm³/mol. The molecule has 0 saturated carbocycles. The van der Waals surface area contributed by atoms with Crippen LogP contribution in [-0.4, -0.2) is 19.1 Å². The number of ether oxygens (including phenoxy) is 2. The van der Waals surface area contributed by atoms with Gasteiger partial charge in [-0.05, 0) is 44.5 Å². The van der Waals surface area contributed by atoms with Crippen LogP contribution in [0.1, 0.15) is 42.7 Å². The predicted octanol–water partition coefficient (Wildman–Crippen LogP) is 5.28. The van der Waals surface area contributed by atoms with Crippen molar-refractivity contribution in [3.05, 3.63) is 57.6 Å². The second-order valence-electron chi connectivity index (χ2n) is 5.36. The van der Waals surface area contributed by atoms with Gasteiger partial charge in [-0.2, -0.15) is 0 Å². The molecule has 2 aromatic rings. The molecule has 1 atom stereocenters. The van der Waals surface area contributed by atoms with Crippen molar-refractivity contribution < 1.29 is 14.3 Å². The van der Waals surface area contributed by atoms with Gasteiger partial charge in [-0.15, -0.1) is 0 Å². The molecular formula is C19H21Cl2NO3. The summed E-state index contributed by atoms with van der Waals surface area (Å²) in [6.45, 7) is 6.65. The number of nitrogens with one attached hydrogen (secondary N) is 1. The lowest BCUT2D eigenvalue weighted by atomic mass is 10.1. The Bertz CT molecular complexity index is 749. The lowest BCUT2D eigenvalue weighted by Crippen LogP contribution is -2.27. The molecule has 0 bridgehead atoms. The lowest BCUT2D eigenvalue weighted by molar-refractivity contribution is 0.0940. The van der Waals surface area contributed by atoms with Crippen molar-refractivity contribution in [3.8, 4) is 11.5 Å². The van der Waals surface area contributed by atoms with E-state index in [0.717, 1.165) is 5.56 Å². The van der Waals surface area contributed by atoms with Crippen molar-refractivity contribution in [2.24, 2.45) is 0 Å². The standard InChI is InChI=1S/C19H21Cl2NO3/c1-4-24-17-10-14(16(21)11-18(17)25-5-2)12(3)22-19(23)13-8-6-7-9-15(13)20/h6-12H,4-5H2,1-3H3,(H,22,23)/t12-/m0/s1. The van der Waals surface area contributed by atoms with Crippen LogP contribution < -0.4 is 14.8 Å². The fourth-order valence-electron chi connectivity index (χ4n) is 2.42. The summed E-state index contributed by atoms with van der Waals surface area (Å²) < 4.78 is 11.2. The number of rotatable bonds is 7. The van der Waals surface area contributed by atoms with Crippen molar-refractivity contribution in [2.75, 3.05) is 13.2 Å². The van der Waals surface area contributed by atoms with Gasteiger partial charge < -0.3 is 14.8 Å². The SMILES string of the molecule is CCOc1cc(Cl)c([C@H](C)NC(=O)c2ccccc2Cl)cc1OCC. The van der Waals surface area contributed by atoms with Crippen LogP contribution >= 0.6 is 23.2 Å². The molecule has 2 rings (SSSR count). The number of hydrogen-bond donors (Lipinski definition) is 1. The largest absolute Gasteiger partial charge is 0.490 e. The van der Waals surface area contributed by atoms with Gasteiger partial charge in [0.1, 0.15) is 0 Å². The van der Waals surface area contributed by atoms with E-state index >= 15 is 0 Å². The van der Waals surface area contributed by atoms with E-state index in [9.17, 15) is 4.79 Å². The molecule has 134 valence electrons. The fraction of sp³-hybridized carbons (Fsp3) is 0.316. The molecule has 0 spiro atoms. The molecule has 0 aromatic heterocycles. The third-order valence-electron chi connectivity index (χ3n) is 3.60. The smallest absolute Gasteiger partial charge is 0.253 e. The molecule has 0 saturated heterocycles. The summed E-state index contributed by atoms with van der Waals surface area (Å²) in [6, 6.07) is 10.1. The van der Waals surface area contributed by atoms with Gasteiger partial charge in [0.25, 0.3) is 5.91 Å². The van der Waals surface area contributed by atoms with Gasteiger partial charge in [0, 0.05) is 11.1 Å². The Morgan fingerprint density at radius 1 is 1.04 bits per heavy atom. The molecule has 0 aliphatic rings. The Morgan fingerprint density at radius 2 is 1.64 bits per heavy atom. The average Bonchev–Trinajstić information content (AvgIpc) is 2.57. The van der Waals surface area contributed by atoms with Crippen LogP contribution in [0, 0.1) is 0 Å². The van der Waals surface area contributed by atoms with Gasteiger partial charge in [-0.25, -0.2) is 0 Å². The molecule has 4 nitrogen and oxygen atoms in total. The summed E-state index contributed by atoms with van der Waals surface area (Å²) >= 11 is 12.5. The molecule has 0 fully saturated rings. The topological polar surface area (TPSA) is 47.6 Å². The first-order chi connectivity index (χ1) is 12.0. The second kappa shape index (κ2) is 8.97. The highest BCUT2D eigenvalue weighted by Crippen LogP contribution is 2.36. The van der Waals surface area contributed by atoms with Crippen molar-refractivity contribution in [3.63, 3.8) is 0 Å². The Morgan fingerprint density at radius 3 is 2.24 bits per heavy atom. The van der Waals surface area contributed by atoms with Crippen molar-refractivity contribution in [1.29, 1.82) is 0 Å². The molecule has 0 radical (unpaired) electrons. The number of halogens is 2. The number of carbonyl (C=O) groups is 1. The van der Waals surface area contributed by atoms with Gasteiger partial charge in [-0.1, -0.05) is 35.3 Å². The average molecular weight is 382 g/mol. The number of hydrogen-bond acceptors (Lipinski definition) is 3. The molecule has 1 N–H and O–H groups in total. The normalized spacial score (nSPS) is 11.7. The maximum Gasteiger partial charge on any atom is 0.253 e. The highest BCUT2D eigenvalue weighted by molar-refractivity contribution is 6.34. The zero-order valence-electron chi connectivity index (χ0n) is 14.4. The van der Waals surface area contributed by atoms with Gasteiger partial charge in [-0.3, -0.25) is 4.79 Å². The molecule has 25 heavy (non-hydrogen) atoms. The maximum atomic E-state index is 12.4. The highest BCUT2D eigenvalue weighted by Gasteiger charge is 2.19. The third-order valence-corrected chi connectivity index (χ3v) is 4.25. The number of carbonyl (C=O) groups excluding carboxylic acids is 1. The first-order valence-corrected chi connectivity index (χ1v) is 8.87. The summed E-state index contributed by atoms with van der Waals surface area (Å²) in [5, 5.41) is 3.81. The monoisotopic (exact) mass is 381 g/mol. The molecule has 0 aliphatic heterocycles. The molecule has 0 aliphatic carbocycles. The minimum absolute atomic E-state index is 0.263. The Balaban J connectivity index is 2.26.